The van der Waals surface area contributed by atoms with Gasteiger partial charge in [0.2, 0.25) is 0 Å². The number of rotatable bonds is 12. The van der Waals surface area contributed by atoms with Gasteiger partial charge in [0.15, 0.2) is 5.69 Å². The van der Waals surface area contributed by atoms with Crippen molar-refractivity contribution in [3.05, 3.63) is 82.9 Å². The van der Waals surface area contributed by atoms with Crippen LogP contribution in [0.2, 0.25) is 0 Å². The molecular weight excluding hydrogens is 516 g/mol. The zero-order valence-corrected chi connectivity index (χ0v) is 21.5. The van der Waals surface area contributed by atoms with Crippen molar-refractivity contribution in [2.24, 2.45) is 0 Å². The van der Waals surface area contributed by atoms with E-state index in [-0.39, 0.29) is 54.1 Å². The molecule has 0 spiro atoms. The number of nitrogens with one attached hydrogen (secondary N) is 1. The normalized spacial score (nSPS) is 12.7. The van der Waals surface area contributed by atoms with Crippen LogP contribution in [-0.2, 0) is 11.3 Å². The Bertz CT molecular complexity index is 1290. The number of nitrogens with zero attached hydrogens (tertiary/aromatic N) is 2. The van der Waals surface area contributed by atoms with E-state index in [0.29, 0.717) is 22.7 Å². The molecule has 2 atom stereocenters. The van der Waals surface area contributed by atoms with Gasteiger partial charge in [0.05, 0.1) is 37.1 Å². The molecule has 0 aliphatic heterocycles. The maximum atomic E-state index is 13.6. The minimum absolute atomic E-state index is 0. The molecule has 1 heterocycles. The summed E-state index contributed by atoms with van der Waals surface area (Å²) in [5, 5.41) is 36.5. The molecule has 0 bridgehead atoms. The van der Waals surface area contributed by atoms with E-state index in [9.17, 15) is 24.2 Å². The molecule has 0 saturated carbocycles. The number of carboxylic acids is 1. The standard InChI is InChI=1S/C28H32FN3O6.Na.H/c1-17(2)26-24(12-11-21(33)14-22(34)15-25(35)36)32(20-9-7-19(29)8-10-20)31-27(26)28(37)30-16-18-5-4-6-23(13-18)38-3;;/h4-13,17,21-22,33-34H,14-16H2,1-3H3,(H,30,37)(H,35,36);;/b12-11+;;/t21-,22+;;/m0../s1. The summed E-state index contributed by atoms with van der Waals surface area (Å²) >= 11 is 0. The molecule has 0 unspecified atom stereocenters. The van der Waals surface area contributed by atoms with Crippen molar-refractivity contribution < 1.29 is 34.0 Å². The van der Waals surface area contributed by atoms with Crippen LogP contribution in [0.15, 0.2) is 54.6 Å². The topological polar surface area (TPSA) is 134 Å². The van der Waals surface area contributed by atoms with Crippen molar-refractivity contribution in [3.63, 3.8) is 0 Å². The molecule has 1 aromatic heterocycles. The Balaban J connectivity index is 0.00000533. The van der Waals surface area contributed by atoms with Crippen molar-refractivity contribution in [2.45, 2.75) is 51.4 Å². The molecule has 0 aliphatic carbocycles. The van der Waals surface area contributed by atoms with Gasteiger partial charge < -0.3 is 25.4 Å². The molecule has 3 aromatic rings. The third-order valence-corrected chi connectivity index (χ3v) is 5.81. The Labute approximate surface area is 248 Å². The second-order valence-corrected chi connectivity index (χ2v) is 9.14. The summed E-state index contributed by atoms with van der Waals surface area (Å²) in [5.41, 5.74) is 2.61. The summed E-state index contributed by atoms with van der Waals surface area (Å²) in [7, 11) is 1.56. The van der Waals surface area contributed by atoms with Gasteiger partial charge in [0.25, 0.3) is 5.91 Å². The second-order valence-electron chi connectivity index (χ2n) is 9.14. The summed E-state index contributed by atoms with van der Waals surface area (Å²) in [4.78, 5) is 24.1. The number of benzene rings is 2. The Kier molecular flexibility index (Phi) is 12.3. The number of aromatic nitrogens is 2. The third-order valence-electron chi connectivity index (χ3n) is 5.81. The van der Waals surface area contributed by atoms with Crippen LogP contribution in [0.4, 0.5) is 4.39 Å². The molecule has 2 aromatic carbocycles. The van der Waals surface area contributed by atoms with Gasteiger partial charge in [0, 0.05) is 18.5 Å². The number of carbonyl (C=O) groups excluding carboxylic acids is 1. The summed E-state index contributed by atoms with van der Waals surface area (Å²) in [6, 6.07) is 12.9. The van der Waals surface area contributed by atoms with E-state index in [1.807, 2.05) is 32.0 Å². The first-order valence-corrected chi connectivity index (χ1v) is 12.1. The van der Waals surface area contributed by atoms with Gasteiger partial charge in [-0.1, -0.05) is 32.1 Å². The number of aliphatic hydroxyl groups is 2. The van der Waals surface area contributed by atoms with Crippen LogP contribution in [-0.4, -0.2) is 85.9 Å². The van der Waals surface area contributed by atoms with E-state index in [1.54, 1.807) is 19.3 Å². The molecule has 11 heteroatoms. The molecule has 9 nitrogen and oxygen atoms in total. The summed E-state index contributed by atoms with van der Waals surface area (Å²) in [6.45, 7) is 4.03. The number of carbonyl (C=O) groups is 2. The van der Waals surface area contributed by atoms with Gasteiger partial charge in [-0.05, 0) is 54.0 Å². The number of carboxylic acid groups (broad SMARTS) is 1. The van der Waals surface area contributed by atoms with Crippen LogP contribution in [0.3, 0.4) is 0 Å². The van der Waals surface area contributed by atoms with Gasteiger partial charge in [-0.25, -0.2) is 9.07 Å². The molecule has 39 heavy (non-hydrogen) atoms. The van der Waals surface area contributed by atoms with Crippen LogP contribution in [0.1, 0.15) is 59.9 Å². The van der Waals surface area contributed by atoms with Gasteiger partial charge in [-0.3, -0.25) is 9.59 Å². The molecule has 204 valence electrons. The Hall–Kier alpha value is -3.02. The van der Waals surface area contributed by atoms with Gasteiger partial charge in [-0.2, -0.15) is 5.10 Å². The number of aliphatic hydroxyl groups excluding tert-OH is 2. The zero-order chi connectivity index (χ0) is 27.8. The van der Waals surface area contributed by atoms with Crippen LogP contribution in [0, 0.1) is 5.82 Å². The number of halogens is 1. The number of ether oxygens (including phenoxy) is 1. The molecule has 3 rings (SSSR count). The first-order valence-electron chi connectivity index (χ1n) is 12.1. The number of aliphatic carboxylic acids is 1. The fourth-order valence-electron chi connectivity index (χ4n) is 4.01. The Morgan fingerprint density at radius 1 is 1.15 bits per heavy atom. The number of methoxy groups -OCH3 is 1. The van der Waals surface area contributed by atoms with Crippen LogP contribution < -0.4 is 10.1 Å². The van der Waals surface area contributed by atoms with E-state index in [0.717, 1.165) is 5.56 Å². The number of hydrogen-bond donors (Lipinski definition) is 4. The van der Waals surface area contributed by atoms with Crippen molar-refractivity contribution in [1.29, 1.82) is 0 Å². The number of amides is 1. The van der Waals surface area contributed by atoms with E-state index >= 15 is 0 Å². The van der Waals surface area contributed by atoms with Crippen LogP contribution >= 0.6 is 0 Å². The minimum atomic E-state index is -1.23. The van der Waals surface area contributed by atoms with Crippen molar-refractivity contribution in [3.8, 4) is 11.4 Å². The van der Waals surface area contributed by atoms with E-state index in [4.69, 9.17) is 9.84 Å². The molecular formula is C28H33FN3NaO6. The fourth-order valence-corrected chi connectivity index (χ4v) is 4.01. The van der Waals surface area contributed by atoms with E-state index < -0.39 is 36.3 Å². The Morgan fingerprint density at radius 2 is 1.85 bits per heavy atom. The summed E-state index contributed by atoms with van der Waals surface area (Å²) in [5.74, 6) is -1.50. The van der Waals surface area contributed by atoms with Crippen molar-refractivity contribution in [2.75, 3.05) is 7.11 Å². The fraction of sp³-hybridized carbons (Fsp3) is 0.321. The monoisotopic (exact) mass is 549 g/mol. The first-order chi connectivity index (χ1) is 18.1. The van der Waals surface area contributed by atoms with Crippen molar-refractivity contribution >= 4 is 47.5 Å². The predicted molar refractivity (Wildman–Crippen MR) is 147 cm³/mol. The van der Waals surface area contributed by atoms with Gasteiger partial charge in [-0.15, -0.1) is 0 Å². The van der Waals surface area contributed by atoms with Gasteiger partial charge >= 0.3 is 35.5 Å². The summed E-state index contributed by atoms with van der Waals surface area (Å²) < 4.78 is 20.3. The first kappa shape index (κ1) is 32.2. The van der Waals surface area contributed by atoms with Gasteiger partial charge in [0.1, 0.15) is 11.6 Å². The quantitative estimate of drug-likeness (QED) is 0.255. The SMILES string of the molecule is COc1cccc(CNC(=O)c2nn(-c3ccc(F)cc3)c(/C=C/[C@H](O)C[C@@H](O)CC(=O)O)c2C(C)C)c1.[NaH]. The maximum absolute atomic E-state index is 13.6. The molecule has 1 amide bonds. The predicted octanol–water partition coefficient (Wildman–Crippen LogP) is 3.02. The van der Waals surface area contributed by atoms with Crippen LogP contribution in [0.25, 0.3) is 11.8 Å². The second kappa shape index (κ2) is 14.9. The number of hydrogen-bond acceptors (Lipinski definition) is 6. The molecule has 4 N–H and O–H groups in total. The zero-order valence-electron chi connectivity index (χ0n) is 21.5. The molecule has 0 radical (unpaired) electrons. The third kappa shape index (κ3) is 9.01. The average molecular weight is 550 g/mol. The molecule has 0 fully saturated rings. The Morgan fingerprint density at radius 3 is 2.46 bits per heavy atom. The van der Waals surface area contributed by atoms with E-state index in [2.05, 4.69) is 10.4 Å². The van der Waals surface area contributed by atoms with Crippen molar-refractivity contribution in [1.82, 2.24) is 15.1 Å². The van der Waals surface area contributed by atoms with Crippen LogP contribution in [0.5, 0.6) is 5.75 Å². The molecule has 0 aliphatic rings. The summed E-state index contributed by atoms with van der Waals surface area (Å²) in [6.07, 6.45) is -0.0665. The average Bonchev–Trinajstić information content (AvgIpc) is 3.26. The molecule has 0 saturated heterocycles. The van der Waals surface area contributed by atoms with E-state index in [1.165, 1.54) is 35.0 Å².